The van der Waals surface area contributed by atoms with Gasteiger partial charge in [-0.3, -0.25) is 4.79 Å². The van der Waals surface area contributed by atoms with Crippen molar-refractivity contribution in [1.29, 1.82) is 0 Å². The summed E-state index contributed by atoms with van der Waals surface area (Å²) in [7, 11) is 0. The molecule has 21 heavy (non-hydrogen) atoms. The number of carbonyl (C=O) groups excluding carboxylic acids is 1. The Morgan fingerprint density at radius 1 is 1.43 bits per heavy atom. The van der Waals surface area contributed by atoms with Gasteiger partial charge in [0.05, 0.1) is 6.61 Å². The summed E-state index contributed by atoms with van der Waals surface area (Å²) in [5.74, 6) is 0.560. The molecule has 2 N–H and O–H groups in total. The zero-order valence-corrected chi connectivity index (χ0v) is 13.4. The van der Waals surface area contributed by atoms with Crippen LogP contribution in [0.25, 0.3) is 0 Å². The zero-order valence-electron chi connectivity index (χ0n) is 13.4. The predicted molar refractivity (Wildman–Crippen MR) is 82.8 cm³/mol. The second-order valence-electron chi connectivity index (χ2n) is 7.02. The standard InChI is InChI=1S/C17H29NO3/c1-12(2)10-13(3)16(20)18-15(14-4-5-14)17(11-19)6-8-21-9-7-17/h13-15,19H,1,4-11H2,2-3H3,(H,18,20). The first-order chi connectivity index (χ1) is 9.98. The molecule has 0 aromatic carbocycles. The molecule has 2 atom stereocenters. The molecule has 2 rings (SSSR count). The van der Waals surface area contributed by atoms with Crippen molar-refractivity contribution >= 4 is 5.91 Å². The van der Waals surface area contributed by atoms with Crippen molar-refractivity contribution in [1.82, 2.24) is 5.32 Å². The number of ether oxygens (including phenoxy) is 1. The molecular weight excluding hydrogens is 266 g/mol. The number of amides is 1. The Bertz CT molecular complexity index is 383. The van der Waals surface area contributed by atoms with Gasteiger partial charge in [-0.05, 0) is 44.9 Å². The van der Waals surface area contributed by atoms with Gasteiger partial charge in [-0.15, -0.1) is 6.58 Å². The molecule has 120 valence electrons. The summed E-state index contributed by atoms with van der Waals surface area (Å²) < 4.78 is 5.45. The first-order valence-electron chi connectivity index (χ1n) is 8.12. The predicted octanol–water partition coefficient (Wildman–Crippen LogP) is 2.27. The molecule has 2 unspecified atom stereocenters. The van der Waals surface area contributed by atoms with Crippen molar-refractivity contribution in [2.75, 3.05) is 19.8 Å². The van der Waals surface area contributed by atoms with Gasteiger partial charge in [0.25, 0.3) is 0 Å². The second-order valence-corrected chi connectivity index (χ2v) is 7.02. The maximum atomic E-state index is 12.5. The van der Waals surface area contributed by atoms with Crippen molar-refractivity contribution in [2.24, 2.45) is 17.3 Å². The number of nitrogens with one attached hydrogen (secondary N) is 1. The Hall–Kier alpha value is -0.870. The van der Waals surface area contributed by atoms with Crippen molar-refractivity contribution in [2.45, 2.75) is 52.0 Å². The summed E-state index contributed by atoms with van der Waals surface area (Å²) in [6, 6.07) is 0.0893. The fraction of sp³-hybridized carbons (Fsp3) is 0.824. The zero-order chi connectivity index (χ0) is 15.5. The lowest BCUT2D eigenvalue weighted by Crippen LogP contribution is -2.54. The normalized spacial score (nSPS) is 24.1. The van der Waals surface area contributed by atoms with Gasteiger partial charge in [0.2, 0.25) is 5.91 Å². The molecule has 0 aromatic heterocycles. The summed E-state index contributed by atoms with van der Waals surface area (Å²) in [5, 5.41) is 13.2. The molecule has 0 spiro atoms. The average Bonchev–Trinajstić information content (AvgIpc) is 3.29. The number of rotatable bonds is 7. The highest BCUT2D eigenvalue weighted by molar-refractivity contribution is 5.79. The van der Waals surface area contributed by atoms with E-state index in [4.69, 9.17) is 4.74 Å². The number of carbonyl (C=O) groups is 1. The molecule has 0 bridgehead atoms. The molecule has 1 aliphatic heterocycles. The van der Waals surface area contributed by atoms with Crippen LogP contribution in [-0.4, -0.2) is 36.9 Å². The molecule has 2 fully saturated rings. The highest BCUT2D eigenvalue weighted by Crippen LogP contribution is 2.45. The first-order valence-corrected chi connectivity index (χ1v) is 8.12. The molecule has 2 aliphatic rings. The topological polar surface area (TPSA) is 58.6 Å². The van der Waals surface area contributed by atoms with E-state index in [0.29, 0.717) is 19.1 Å². The Kier molecular flexibility index (Phi) is 5.44. The van der Waals surface area contributed by atoms with Crippen molar-refractivity contribution < 1.29 is 14.6 Å². The monoisotopic (exact) mass is 295 g/mol. The van der Waals surface area contributed by atoms with Crippen LogP contribution in [0.3, 0.4) is 0 Å². The largest absolute Gasteiger partial charge is 0.396 e. The van der Waals surface area contributed by atoms with Crippen LogP contribution in [-0.2, 0) is 9.53 Å². The third-order valence-electron chi connectivity index (χ3n) is 4.96. The molecule has 4 heteroatoms. The van der Waals surface area contributed by atoms with Crippen LogP contribution in [0.4, 0.5) is 0 Å². The number of hydrogen-bond donors (Lipinski definition) is 2. The summed E-state index contributed by atoms with van der Waals surface area (Å²) in [6.07, 6.45) is 4.70. The first kappa shape index (κ1) is 16.5. The minimum Gasteiger partial charge on any atom is -0.396 e. The molecule has 1 saturated carbocycles. The number of aliphatic hydroxyl groups is 1. The van der Waals surface area contributed by atoms with E-state index >= 15 is 0 Å². The maximum Gasteiger partial charge on any atom is 0.223 e. The van der Waals surface area contributed by atoms with Crippen LogP contribution < -0.4 is 5.32 Å². The SMILES string of the molecule is C=C(C)CC(C)C(=O)NC(C1CC1)C1(CO)CCOCC1. The fourth-order valence-corrected chi connectivity index (χ4v) is 3.46. The van der Waals surface area contributed by atoms with E-state index in [9.17, 15) is 9.90 Å². The highest BCUT2D eigenvalue weighted by Gasteiger charge is 2.48. The molecule has 1 amide bonds. The number of allylic oxidation sites excluding steroid dienone is 1. The smallest absolute Gasteiger partial charge is 0.223 e. The third-order valence-corrected chi connectivity index (χ3v) is 4.96. The number of aliphatic hydroxyl groups excluding tert-OH is 1. The maximum absolute atomic E-state index is 12.5. The summed E-state index contributed by atoms with van der Waals surface area (Å²) in [5.41, 5.74) is 0.835. The van der Waals surface area contributed by atoms with Gasteiger partial charge in [-0.1, -0.05) is 12.5 Å². The molecule has 4 nitrogen and oxygen atoms in total. The van der Waals surface area contributed by atoms with Gasteiger partial charge in [-0.2, -0.15) is 0 Å². The molecule has 0 aromatic rings. The lowest BCUT2D eigenvalue weighted by molar-refractivity contribution is -0.128. The molecule has 1 heterocycles. The van der Waals surface area contributed by atoms with Crippen LogP contribution >= 0.6 is 0 Å². The molecule has 1 saturated heterocycles. The summed E-state index contributed by atoms with van der Waals surface area (Å²) >= 11 is 0. The Morgan fingerprint density at radius 3 is 2.52 bits per heavy atom. The van der Waals surface area contributed by atoms with E-state index in [1.54, 1.807) is 0 Å². The van der Waals surface area contributed by atoms with Gasteiger partial charge in [0.1, 0.15) is 0 Å². The second kappa shape index (κ2) is 6.93. The van der Waals surface area contributed by atoms with Gasteiger partial charge in [0, 0.05) is 30.6 Å². The van der Waals surface area contributed by atoms with Gasteiger partial charge in [-0.25, -0.2) is 0 Å². The van der Waals surface area contributed by atoms with E-state index in [1.165, 1.54) is 0 Å². The third kappa shape index (κ3) is 4.07. The molecular formula is C17H29NO3. The average molecular weight is 295 g/mol. The van der Waals surface area contributed by atoms with Gasteiger partial charge < -0.3 is 15.2 Å². The summed E-state index contributed by atoms with van der Waals surface area (Å²) in [4.78, 5) is 12.5. The number of hydrogen-bond acceptors (Lipinski definition) is 3. The van der Waals surface area contributed by atoms with Crippen molar-refractivity contribution in [3.8, 4) is 0 Å². The Labute approximate surface area is 127 Å². The lowest BCUT2D eigenvalue weighted by Gasteiger charge is -2.43. The van der Waals surface area contributed by atoms with E-state index in [2.05, 4.69) is 11.9 Å². The van der Waals surface area contributed by atoms with E-state index < -0.39 is 0 Å². The van der Waals surface area contributed by atoms with Crippen LogP contribution in [0.5, 0.6) is 0 Å². The molecule has 1 aliphatic carbocycles. The highest BCUT2D eigenvalue weighted by atomic mass is 16.5. The quantitative estimate of drug-likeness (QED) is 0.708. The van der Waals surface area contributed by atoms with Crippen LogP contribution in [0.2, 0.25) is 0 Å². The summed E-state index contributed by atoms with van der Waals surface area (Å²) in [6.45, 7) is 9.28. The molecule has 0 radical (unpaired) electrons. The van der Waals surface area contributed by atoms with Crippen molar-refractivity contribution in [3.05, 3.63) is 12.2 Å². The fourth-order valence-electron chi connectivity index (χ4n) is 3.46. The van der Waals surface area contributed by atoms with E-state index in [0.717, 1.165) is 37.7 Å². The van der Waals surface area contributed by atoms with E-state index in [-0.39, 0.29) is 29.9 Å². The van der Waals surface area contributed by atoms with Gasteiger partial charge >= 0.3 is 0 Å². The Morgan fingerprint density at radius 2 is 2.05 bits per heavy atom. The van der Waals surface area contributed by atoms with Crippen LogP contribution in [0.15, 0.2) is 12.2 Å². The van der Waals surface area contributed by atoms with E-state index in [1.807, 2.05) is 13.8 Å². The lowest BCUT2D eigenvalue weighted by atomic mass is 9.72. The van der Waals surface area contributed by atoms with Crippen LogP contribution in [0.1, 0.15) is 46.0 Å². The van der Waals surface area contributed by atoms with Crippen LogP contribution in [0, 0.1) is 17.3 Å². The van der Waals surface area contributed by atoms with Crippen molar-refractivity contribution in [3.63, 3.8) is 0 Å². The Balaban J connectivity index is 2.04. The minimum atomic E-state index is -0.196. The van der Waals surface area contributed by atoms with Gasteiger partial charge in [0.15, 0.2) is 0 Å². The minimum absolute atomic E-state index is 0.0562.